The van der Waals surface area contributed by atoms with Crippen LogP contribution >= 0.6 is 11.3 Å². The minimum Gasteiger partial charge on any atom is -0.376 e. The molecule has 2 fully saturated rings. The van der Waals surface area contributed by atoms with Crippen molar-refractivity contribution in [3.05, 3.63) is 28.4 Å². The average molecular weight is 391 g/mol. The highest BCUT2D eigenvalue weighted by Gasteiger charge is 2.38. The van der Waals surface area contributed by atoms with Gasteiger partial charge in [0.2, 0.25) is 0 Å². The smallest absolute Gasteiger partial charge is 0.317 e. The first-order chi connectivity index (χ1) is 13.0. The average Bonchev–Trinajstić information content (AvgIpc) is 3.36. The molecule has 2 saturated heterocycles. The fourth-order valence-corrected chi connectivity index (χ4v) is 5.34. The SMILES string of the molecule is C=C1N(CC)C(=O)c2c(sc(CN3CCNC3=O)c2C)N1CC1CCCO1. The van der Waals surface area contributed by atoms with Crippen molar-refractivity contribution in [1.29, 1.82) is 0 Å². The second kappa shape index (κ2) is 7.16. The number of thiophene rings is 1. The largest absolute Gasteiger partial charge is 0.376 e. The van der Waals surface area contributed by atoms with Crippen LogP contribution in [0.1, 0.15) is 40.6 Å². The van der Waals surface area contributed by atoms with Gasteiger partial charge < -0.3 is 19.9 Å². The second-order valence-corrected chi connectivity index (χ2v) is 8.28. The third-order valence-corrected chi connectivity index (χ3v) is 6.86. The molecule has 0 radical (unpaired) electrons. The number of hydrogen-bond donors (Lipinski definition) is 1. The Hall–Kier alpha value is -2.06. The van der Waals surface area contributed by atoms with E-state index in [9.17, 15) is 9.59 Å². The number of anilines is 1. The molecule has 1 N–H and O–H groups in total. The van der Waals surface area contributed by atoms with Crippen molar-refractivity contribution in [3.63, 3.8) is 0 Å². The Morgan fingerprint density at radius 1 is 1.33 bits per heavy atom. The van der Waals surface area contributed by atoms with E-state index in [-0.39, 0.29) is 18.0 Å². The Balaban J connectivity index is 1.69. The topological polar surface area (TPSA) is 65.1 Å². The van der Waals surface area contributed by atoms with Gasteiger partial charge in [-0.1, -0.05) is 6.58 Å². The molecular formula is C19H26N4O3S. The van der Waals surface area contributed by atoms with Gasteiger partial charge in [0.05, 0.1) is 24.8 Å². The fraction of sp³-hybridized carbons (Fsp3) is 0.579. The summed E-state index contributed by atoms with van der Waals surface area (Å²) in [5.74, 6) is 0.726. The third-order valence-electron chi connectivity index (χ3n) is 5.56. The molecule has 0 aliphatic carbocycles. The first kappa shape index (κ1) is 18.3. The molecule has 0 aromatic carbocycles. The number of carbonyl (C=O) groups is 2. The van der Waals surface area contributed by atoms with Gasteiger partial charge in [-0.3, -0.25) is 9.69 Å². The zero-order valence-corrected chi connectivity index (χ0v) is 16.7. The van der Waals surface area contributed by atoms with Crippen LogP contribution in [0.5, 0.6) is 0 Å². The van der Waals surface area contributed by atoms with E-state index in [2.05, 4.69) is 16.8 Å². The number of nitrogens with zero attached hydrogens (tertiary/aromatic N) is 3. The molecule has 1 aromatic rings. The molecular weight excluding hydrogens is 364 g/mol. The van der Waals surface area contributed by atoms with E-state index in [1.54, 1.807) is 21.1 Å². The van der Waals surface area contributed by atoms with Crippen molar-refractivity contribution in [3.8, 4) is 0 Å². The molecule has 3 aliphatic heterocycles. The minimum atomic E-state index is -0.0390. The van der Waals surface area contributed by atoms with Gasteiger partial charge in [-0.15, -0.1) is 11.3 Å². The van der Waals surface area contributed by atoms with Crippen molar-refractivity contribution in [2.24, 2.45) is 0 Å². The highest BCUT2D eigenvalue weighted by molar-refractivity contribution is 7.16. The lowest BCUT2D eigenvalue weighted by Crippen LogP contribution is -2.46. The molecule has 146 valence electrons. The van der Waals surface area contributed by atoms with Crippen LogP contribution in [-0.2, 0) is 11.3 Å². The molecule has 0 saturated carbocycles. The van der Waals surface area contributed by atoms with Crippen molar-refractivity contribution in [2.45, 2.75) is 39.3 Å². The lowest BCUT2D eigenvalue weighted by atomic mass is 10.1. The van der Waals surface area contributed by atoms with E-state index >= 15 is 0 Å². The van der Waals surface area contributed by atoms with Crippen molar-refractivity contribution >= 4 is 28.3 Å². The number of nitrogens with one attached hydrogen (secondary N) is 1. The van der Waals surface area contributed by atoms with E-state index in [0.29, 0.717) is 32.7 Å². The predicted octanol–water partition coefficient (Wildman–Crippen LogP) is 2.51. The molecule has 0 bridgehead atoms. The summed E-state index contributed by atoms with van der Waals surface area (Å²) in [5, 5.41) is 3.78. The number of carbonyl (C=O) groups excluding carboxylic acids is 2. The molecule has 0 spiro atoms. The molecule has 1 atom stereocenters. The number of fused-ring (bicyclic) bond motifs is 1. The van der Waals surface area contributed by atoms with E-state index in [4.69, 9.17) is 4.74 Å². The van der Waals surface area contributed by atoms with Gasteiger partial charge in [0.25, 0.3) is 5.91 Å². The summed E-state index contributed by atoms with van der Waals surface area (Å²) in [7, 11) is 0. The van der Waals surface area contributed by atoms with Crippen LogP contribution in [-0.4, -0.2) is 60.6 Å². The monoisotopic (exact) mass is 390 g/mol. The summed E-state index contributed by atoms with van der Waals surface area (Å²) in [5.41, 5.74) is 1.73. The molecule has 4 heterocycles. The van der Waals surface area contributed by atoms with Gasteiger partial charge in [-0.25, -0.2) is 4.79 Å². The van der Waals surface area contributed by atoms with Crippen LogP contribution in [0.4, 0.5) is 9.80 Å². The molecule has 3 aliphatic rings. The highest BCUT2D eigenvalue weighted by atomic mass is 32.1. The van der Waals surface area contributed by atoms with Crippen LogP contribution in [0, 0.1) is 6.92 Å². The number of urea groups is 1. The Bertz CT molecular complexity index is 784. The maximum atomic E-state index is 13.1. The van der Waals surface area contributed by atoms with E-state index in [1.807, 2.05) is 13.8 Å². The maximum Gasteiger partial charge on any atom is 0.317 e. The summed E-state index contributed by atoms with van der Waals surface area (Å²) in [6.07, 6.45) is 2.27. The first-order valence-corrected chi connectivity index (χ1v) is 10.4. The van der Waals surface area contributed by atoms with Crippen LogP contribution in [0.2, 0.25) is 0 Å². The molecule has 1 unspecified atom stereocenters. The number of ether oxygens (including phenoxy) is 1. The molecule has 8 heteroatoms. The van der Waals surface area contributed by atoms with Crippen LogP contribution < -0.4 is 10.2 Å². The lowest BCUT2D eigenvalue weighted by molar-refractivity contribution is 0.0787. The summed E-state index contributed by atoms with van der Waals surface area (Å²) in [6.45, 7) is 12.2. The number of hydrogen-bond acceptors (Lipinski definition) is 5. The van der Waals surface area contributed by atoms with Crippen molar-refractivity contribution in [2.75, 3.05) is 37.7 Å². The predicted molar refractivity (Wildman–Crippen MR) is 105 cm³/mol. The van der Waals surface area contributed by atoms with Gasteiger partial charge in [0.1, 0.15) is 10.8 Å². The molecule has 3 amide bonds. The zero-order chi connectivity index (χ0) is 19.1. The quantitative estimate of drug-likeness (QED) is 0.839. The fourth-order valence-electron chi connectivity index (χ4n) is 3.99. The van der Waals surface area contributed by atoms with E-state index in [1.165, 1.54) is 0 Å². The maximum absolute atomic E-state index is 13.1. The van der Waals surface area contributed by atoms with E-state index in [0.717, 1.165) is 46.3 Å². The Kier molecular flexibility index (Phi) is 4.86. The lowest BCUT2D eigenvalue weighted by Gasteiger charge is -2.38. The molecule has 27 heavy (non-hydrogen) atoms. The Morgan fingerprint density at radius 3 is 2.78 bits per heavy atom. The standard InChI is InChI=1S/C19H26N4O3S/c1-4-22-13(3)23(10-14-6-5-9-26-14)18-16(17(22)24)12(2)15(27-18)11-21-8-7-20-19(21)25/h14H,3-11H2,1-2H3,(H,20,25). The first-order valence-electron chi connectivity index (χ1n) is 9.56. The zero-order valence-electron chi connectivity index (χ0n) is 15.9. The molecule has 7 nitrogen and oxygen atoms in total. The Labute approximate surface area is 163 Å². The summed E-state index contributed by atoms with van der Waals surface area (Å²) in [6, 6.07) is -0.0390. The van der Waals surface area contributed by atoms with Gasteiger partial charge in [0, 0.05) is 31.1 Å². The van der Waals surface area contributed by atoms with Gasteiger partial charge in [-0.2, -0.15) is 0 Å². The van der Waals surface area contributed by atoms with Gasteiger partial charge >= 0.3 is 6.03 Å². The van der Waals surface area contributed by atoms with Crippen molar-refractivity contribution in [1.82, 2.24) is 15.1 Å². The Morgan fingerprint density at radius 2 is 2.15 bits per heavy atom. The van der Waals surface area contributed by atoms with Crippen molar-refractivity contribution < 1.29 is 14.3 Å². The van der Waals surface area contributed by atoms with Crippen LogP contribution in [0.3, 0.4) is 0 Å². The third kappa shape index (κ3) is 3.10. The van der Waals surface area contributed by atoms with Crippen LogP contribution in [0.25, 0.3) is 0 Å². The van der Waals surface area contributed by atoms with Gasteiger partial charge in [-0.05, 0) is 32.3 Å². The second-order valence-electron chi connectivity index (χ2n) is 7.20. The number of amides is 3. The minimum absolute atomic E-state index is 0.00645. The number of rotatable bonds is 5. The van der Waals surface area contributed by atoms with Crippen LogP contribution in [0.15, 0.2) is 12.4 Å². The highest BCUT2D eigenvalue weighted by Crippen LogP contribution is 2.43. The summed E-state index contributed by atoms with van der Waals surface area (Å²) >= 11 is 1.60. The van der Waals surface area contributed by atoms with E-state index < -0.39 is 0 Å². The molecule has 4 rings (SSSR count). The molecule has 1 aromatic heterocycles. The normalized spacial score (nSPS) is 22.7. The summed E-state index contributed by atoms with van der Waals surface area (Å²) in [4.78, 5) is 31.8. The van der Waals surface area contributed by atoms with Gasteiger partial charge in [0.15, 0.2) is 0 Å². The summed E-state index contributed by atoms with van der Waals surface area (Å²) < 4.78 is 5.83.